The fourth-order valence-corrected chi connectivity index (χ4v) is 4.32. The van der Waals surface area contributed by atoms with Gasteiger partial charge in [-0.15, -0.1) is 0 Å². The van der Waals surface area contributed by atoms with Crippen molar-refractivity contribution in [1.82, 2.24) is 0 Å². The molecule has 0 spiro atoms. The zero-order valence-corrected chi connectivity index (χ0v) is 17.6. The molecule has 131 valence electrons. The van der Waals surface area contributed by atoms with E-state index in [0.29, 0.717) is 6.61 Å². The van der Waals surface area contributed by atoms with Crippen LogP contribution in [0.15, 0.2) is 0 Å². The first kappa shape index (κ1) is 24.2. The van der Waals surface area contributed by atoms with E-state index in [1.807, 2.05) is 41.5 Å². The largest absolute Gasteiger partial charge is 0.466 e. The van der Waals surface area contributed by atoms with Gasteiger partial charge in [-0.3, -0.25) is 9.59 Å². The number of Topliss-reactive ketones (excluding diaryl/α,β-unsaturated/α-hetero) is 1. The summed E-state index contributed by atoms with van der Waals surface area (Å²) in [4.78, 5) is 20.6. The molecule has 0 atom stereocenters. The van der Waals surface area contributed by atoms with Crippen LogP contribution in [0.4, 0.5) is 0 Å². The van der Waals surface area contributed by atoms with E-state index in [2.05, 4.69) is 4.74 Å². The molecule has 22 heavy (non-hydrogen) atoms. The molecule has 7 heteroatoms. The molecule has 0 aliphatic carbocycles. The molecule has 0 aliphatic heterocycles. The van der Waals surface area contributed by atoms with E-state index in [1.165, 1.54) is 6.92 Å². The van der Waals surface area contributed by atoms with Crippen molar-refractivity contribution < 1.29 is 45.8 Å². The van der Waals surface area contributed by atoms with Crippen LogP contribution in [0, 0.1) is 0 Å². The topological polar surface area (TPSA) is 71.1 Å². The quantitative estimate of drug-likeness (QED) is 0.439. The van der Waals surface area contributed by atoms with E-state index in [1.54, 1.807) is 6.92 Å². The van der Waals surface area contributed by atoms with Gasteiger partial charge in [-0.2, -0.15) is 0 Å². The van der Waals surface area contributed by atoms with E-state index < -0.39 is 29.0 Å². The summed E-state index contributed by atoms with van der Waals surface area (Å²) >= 11 is -2.48. The van der Waals surface area contributed by atoms with Crippen molar-refractivity contribution in [2.45, 2.75) is 80.1 Å². The standard InChI is InChI=1S/C6H10O3.3C3H7O.Zr/c1-3-9-6(8)4-5(2)7;3*1-3(2)4;/h3-4H2,1-2H3;3*3H,1-2H3;/q;3*-1;+3. The van der Waals surface area contributed by atoms with E-state index >= 15 is 0 Å². The number of rotatable bonds is 9. The zero-order chi connectivity index (χ0) is 17.7. The molecule has 0 heterocycles. The first-order chi connectivity index (χ1) is 10.1. The summed E-state index contributed by atoms with van der Waals surface area (Å²) in [7, 11) is 0. The second-order valence-corrected chi connectivity index (χ2v) is 8.40. The number of carbonyl (C=O) groups is 2. The first-order valence-corrected chi connectivity index (χ1v) is 10.6. The molecule has 0 radical (unpaired) electrons. The summed E-state index contributed by atoms with van der Waals surface area (Å²) in [5.41, 5.74) is 0. The average Bonchev–Trinajstić information content (AvgIpc) is 2.25. The minimum absolute atomic E-state index is 0.103. The summed E-state index contributed by atoms with van der Waals surface area (Å²) < 4.78 is 21.4. The molecule has 0 aromatic rings. The Hall–Kier alpha value is -0.0969. The van der Waals surface area contributed by atoms with Gasteiger partial charge in [0.15, 0.2) is 0 Å². The van der Waals surface area contributed by atoms with Crippen molar-refractivity contribution >= 4 is 11.8 Å². The van der Waals surface area contributed by atoms with Gasteiger partial charge in [-0.1, -0.05) is 0 Å². The maximum absolute atomic E-state index is 10.4. The molecule has 0 aromatic carbocycles. The Morgan fingerprint density at radius 1 is 0.864 bits per heavy atom. The van der Waals surface area contributed by atoms with Gasteiger partial charge in [0, 0.05) is 0 Å². The summed E-state index contributed by atoms with van der Waals surface area (Å²) in [5, 5.41) is 0. The number of ketones is 1. The zero-order valence-electron chi connectivity index (χ0n) is 15.1. The molecule has 0 saturated carbocycles. The number of hydrogen-bond donors (Lipinski definition) is 0. The number of esters is 1. The maximum atomic E-state index is 10.4. The normalized spacial score (nSPS) is 10.5. The Morgan fingerprint density at radius 3 is 1.45 bits per heavy atom. The molecule has 0 saturated heterocycles. The second kappa shape index (κ2) is 14.5. The van der Waals surface area contributed by atoms with Crippen LogP contribution < -0.4 is 0 Å². The summed E-state index contributed by atoms with van der Waals surface area (Å²) in [6.07, 6.45) is 0.499. The summed E-state index contributed by atoms with van der Waals surface area (Å²) in [6.45, 7) is 15.5. The van der Waals surface area contributed by atoms with Crippen LogP contribution in [0.1, 0.15) is 61.8 Å². The molecule has 0 amide bonds. The SMILES string of the molecule is CC(C)[O][Zr]([O]C(C)C)[O]C(C)C.CCOC(=O)CC(C)=O. The monoisotopic (exact) mass is 397 g/mol. The smallest absolute Gasteiger partial charge is 0.313 e. The molecule has 0 rings (SSSR count). The molecular weight excluding hydrogens is 367 g/mol. The van der Waals surface area contributed by atoms with E-state index in [-0.39, 0.29) is 30.5 Å². The minimum atomic E-state index is -2.48. The van der Waals surface area contributed by atoms with E-state index in [9.17, 15) is 9.59 Å². The molecule has 0 unspecified atom stereocenters. The van der Waals surface area contributed by atoms with Gasteiger partial charge in [-0.05, 0) is 13.8 Å². The summed E-state index contributed by atoms with van der Waals surface area (Å²) in [6, 6.07) is 0. The maximum Gasteiger partial charge on any atom is 0.313 e. The third-order valence-corrected chi connectivity index (χ3v) is 6.59. The summed E-state index contributed by atoms with van der Waals surface area (Å²) in [5.74, 6) is -0.599. The van der Waals surface area contributed by atoms with Crippen molar-refractivity contribution in [3.63, 3.8) is 0 Å². The van der Waals surface area contributed by atoms with E-state index in [0.717, 1.165) is 0 Å². The second-order valence-electron chi connectivity index (χ2n) is 5.43. The van der Waals surface area contributed by atoms with Gasteiger partial charge in [0.25, 0.3) is 0 Å². The van der Waals surface area contributed by atoms with Crippen LogP contribution in [-0.2, 0) is 45.8 Å². The van der Waals surface area contributed by atoms with Crippen LogP contribution in [0.2, 0.25) is 0 Å². The van der Waals surface area contributed by atoms with Crippen LogP contribution in [0.5, 0.6) is 0 Å². The van der Waals surface area contributed by atoms with Crippen molar-refractivity contribution in [2.24, 2.45) is 0 Å². The van der Waals surface area contributed by atoms with Crippen molar-refractivity contribution in [1.29, 1.82) is 0 Å². The van der Waals surface area contributed by atoms with Gasteiger partial charge in [0.2, 0.25) is 0 Å². The predicted octanol–water partition coefficient (Wildman–Crippen LogP) is 3.15. The third kappa shape index (κ3) is 19.9. The van der Waals surface area contributed by atoms with Gasteiger partial charge >= 0.3 is 97.3 Å². The van der Waals surface area contributed by atoms with Crippen molar-refractivity contribution in [3.8, 4) is 0 Å². The Kier molecular flexibility index (Phi) is 15.9. The molecular formula is C15H31O6Zr. The Labute approximate surface area is 144 Å². The molecule has 0 aromatic heterocycles. The molecule has 6 nitrogen and oxygen atoms in total. The molecule has 0 N–H and O–H groups in total. The first-order valence-electron chi connectivity index (χ1n) is 7.60. The molecule has 0 bridgehead atoms. The average molecular weight is 399 g/mol. The van der Waals surface area contributed by atoms with Crippen molar-refractivity contribution in [3.05, 3.63) is 0 Å². The fraction of sp³-hybridized carbons (Fsp3) is 0.867. The predicted molar refractivity (Wildman–Crippen MR) is 80.6 cm³/mol. The molecule has 0 aliphatic rings. The van der Waals surface area contributed by atoms with Gasteiger partial charge in [0.05, 0.1) is 6.61 Å². The molecule has 0 fully saturated rings. The Bertz CT molecular complexity index is 281. The number of carbonyl (C=O) groups excluding carboxylic acids is 2. The third-order valence-electron chi connectivity index (χ3n) is 1.69. The van der Waals surface area contributed by atoms with Crippen LogP contribution in [0.25, 0.3) is 0 Å². The Morgan fingerprint density at radius 2 is 1.23 bits per heavy atom. The van der Waals surface area contributed by atoms with Gasteiger partial charge in [0.1, 0.15) is 12.2 Å². The fourth-order valence-electron chi connectivity index (χ4n) is 1.08. The minimum Gasteiger partial charge on any atom is -0.466 e. The number of hydrogen-bond acceptors (Lipinski definition) is 6. The van der Waals surface area contributed by atoms with Gasteiger partial charge < -0.3 is 4.74 Å². The van der Waals surface area contributed by atoms with Crippen LogP contribution in [-0.4, -0.2) is 36.7 Å². The van der Waals surface area contributed by atoms with Crippen LogP contribution in [0.3, 0.4) is 0 Å². The van der Waals surface area contributed by atoms with Crippen molar-refractivity contribution in [2.75, 3.05) is 6.61 Å². The van der Waals surface area contributed by atoms with Crippen LogP contribution >= 0.6 is 0 Å². The van der Waals surface area contributed by atoms with E-state index in [4.69, 9.17) is 8.44 Å². The number of ether oxygens (including phenoxy) is 1. The Balaban J connectivity index is 0. The van der Waals surface area contributed by atoms with Gasteiger partial charge in [-0.25, -0.2) is 0 Å².